The first kappa shape index (κ1) is 11.1. The quantitative estimate of drug-likeness (QED) is 0.828. The Morgan fingerprint density at radius 2 is 2.06 bits per heavy atom. The summed E-state index contributed by atoms with van der Waals surface area (Å²) in [5, 5.41) is 3.17. The predicted octanol–water partition coefficient (Wildman–Crippen LogP) is 2.45. The summed E-state index contributed by atoms with van der Waals surface area (Å²) in [6.07, 6.45) is 0. The molecule has 0 fully saturated rings. The minimum Gasteiger partial charge on any atom is -0.398 e. The lowest BCUT2D eigenvalue weighted by atomic mass is 10.1. The van der Waals surface area contributed by atoms with E-state index in [1.165, 1.54) is 0 Å². The monoisotopic (exact) mass is 233 g/mol. The molecule has 0 saturated heterocycles. The maximum absolute atomic E-state index is 5.92. The van der Waals surface area contributed by atoms with Crippen LogP contribution in [0, 0.1) is 0 Å². The van der Waals surface area contributed by atoms with Gasteiger partial charge in [0.05, 0.1) is 5.69 Å². The molecule has 0 saturated carbocycles. The topological polar surface area (TPSA) is 42.2 Å². The molecule has 16 heavy (non-hydrogen) atoms. The number of nitrogen functional groups attached to an aromatic ring is 1. The molecule has 0 spiro atoms. The summed E-state index contributed by atoms with van der Waals surface area (Å²) < 4.78 is 0. The fourth-order valence-electron chi connectivity index (χ4n) is 1.51. The van der Waals surface area contributed by atoms with Crippen molar-refractivity contribution in [2.24, 2.45) is 0 Å². The van der Waals surface area contributed by atoms with Crippen molar-refractivity contribution in [3.63, 3.8) is 0 Å². The highest BCUT2D eigenvalue weighted by atomic mass is 32.1. The molecule has 0 radical (unpaired) electrons. The van der Waals surface area contributed by atoms with Crippen LogP contribution in [0.3, 0.4) is 0 Å². The normalized spacial score (nSPS) is 10.9. The van der Waals surface area contributed by atoms with E-state index in [1.54, 1.807) is 11.3 Å². The summed E-state index contributed by atoms with van der Waals surface area (Å²) in [5.74, 6) is 0. The highest BCUT2D eigenvalue weighted by Crippen LogP contribution is 2.26. The van der Waals surface area contributed by atoms with Crippen LogP contribution in [0.25, 0.3) is 11.3 Å². The van der Waals surface area contributed by atoms with Gasteiger partial charge in [-0.25, -0.2) is 4.98 Å². The van der Waals surface area contributed by atoms with Gasteiger partial charge in [-0.1, -0.05) is 18.2 Å². The van der Waals surface area contributed by atoms with Gasteiger partial charge >= 0.3 is 0 Å². The molecule has 0 aliphatic heterocycles. The minimum atomic E-state index is 0.782. The van der Waals surface area contributed by atoms with Crippen LogP contribution in [-0.4, -0.2) is 24.0 Å². The largest absolute Gasteiger partial charge is 0.398 e. The number of aromatic nitrogens is 1. The highest BCUT2D eigenvalue weighted by molar-refractivity contribution is 7.09. The lowest BCUT2D eigenvalue weighted by Gasteiger charge is -2.05. The summed E-state index contributed by atoms with van der Waals surface area (Å²) in [6.45, 7) is 0.872. The molecule has 1 heterocycles. The fourth-order valence-corrected chi connectivity index (χ4v) is 2.42. The van der Waals surface area contributed by atoms with Crippen LogP contribution in [0.1, 0.15) is 5.01 Å². The molecule has 2 rings (SSSR count). The molecule has 3 nitrogen and oxygen atoms in total. The Kier molecular flexibility index (Phi) is 3.22. The van der Waals surface area contributed by atoms with Crippen molar-refractivity contribution >= 4 is 17.0 Å². The highest BCUT2D eigenvalue weighted by Gasteiger charge is 2.07. The number of anilines is 1. The third-order valence-corrected chi connectivity index (χ3v) is 3.07. The molecule has 0 unspecified atom stereocenters. The van der Waals surface area contributed by atoms with Gasteiger partial charge in [0.2, 0.25) is 0 Å². The van der Waals surface area contributed by atoms with Crippen LogP contribution >= 0.6 is 11.3 Å². The van der Waals surface area contributed by atoms with Crippen molar-refractivity contribution in [2.75, 3.05) is 19.8 Å². The molecule has 1 aromatic carbocycles. The van der Waals surface area contributed by atoms with Crippen LogP contribution in [0.2, 0.25) is 0 Å². The second-order valence-corrected chi connectivity index (χ2v) is 4.89. The minimum absolute atomic E-state index is 0.782. The summed E-state index contributed by atoms with van der Waals surface area (Å²) >= 11 is 1.67. The molecular weight excluding hydrogens is 218 g/mol. The Hall–Kier alpha value is -1.39. The molecule has 0 amide bonds. The van der Waals surface area contributed by atoms with Crippen molar-refractivity contribution in [3.05, 3.63) is 34.7 Å². The van der Waals surface area contributed by atoms with E-state index in [4.69, 9.17) is 5.73 Å². The Labute approximate surface area is 99.5 Å². The maximum atomic E-state index is 5.92. The predicted molar refractivity (Wildman–Crippen MR) is 69.4 cm³/mol. The van der Waals surface area contributed by atoms with Crippen molar-refractivity contribution in [1.82, 2.24) is 9.88 Å². The lowest BCUT2D eigenvalue weighted by Crippen LogP contribution is -2.10. The number of thiazole rings is 1. The standard InChI is InChI=1S/C12H15N3S/c1-15(2)7-12-14-11(8-16-12)9-5-3-4-6-10(9)13/h3-6,8H,7,13H2,1-2H3. The molecule has 0 aliphatic rings. The van der Waals surface area contributed by atoms with Crippen molar-refractivity contribution in [3.8, 4) is 11.3 Å². The molecule has 2 aromatic rings. The van der Waals surface area contributed by atoms with E-state index in [9.17, 15) is 0 Å². The van der Waals surface area contributed by atoms with Crippen LogP contribution in [0.15, 0.2) is 29.6 Å². The summed E-state index contributed by atoms with van der Waals surface area (Å²) in [6, 6.07) is 7.83. The van der Waals surface area contributed by atoms with E-state index in [-0.39, 0.29) is 0 Å². The number of para-hydroxylation sites is 1. The zero-order valence-corrected chi connectivity index (χ0v) is 10.3. The lowest BCUT2D eigenvalue weighted by molar-refractivity contribution is 0.402. The van der Waals surface area contributed by atoms with Crippen LogP contribution in [0.5, 0.6) is 0 Å². The van der Waals surface area contributed by atoms with E-state index in [2.05, 4.69) is 15.3 Å². The summed E-state index contributed by atoms with van der Waals surface area (Å²) in [4.78, 5) is 6.69. The molecule has 4 heteroatoms. The van der Waals surface area contributed by atoms with Crippen LogP contribution in [0.4, 0.5) is 5.69 Å². The average molecular weight is 233 g/mol. The smallest absolute Gasteiger partial charge is 0.107 e. The van der Waals surface area contributed by atoms with Gasteiger partial charge in [0.1, 0.15) is 5.01 Å². The second kappa shape index (κ2) is 4.63. The number of nitrogens with zero attached hydrogens (tertiary/aromatic N) is 2. The SMILES string of the molecule is CN(C)Cc1nc(-c2ccccc2N)cs1. The molecular formula is C12H15N3S. The van der Waals surface area contributed by atoms with Crippen molar-refractivity contribution in [1.29, 1.82) is 0 Å². The number of hydrogen-bond acceptors (Lipinski definition) is 4. The number of nitrogens with two attached hydrogens (primary N) is 1. The van der Waals surface area contributed by atoms with Gasteiger partial charge in [0.15, 0.2) is 0 Å². The maximum Gasteiger partial charge on any atom is 0.107 e. The zero-order valence-electron chi connectivity index (χ0n) is 9.47. The van der Waals surface area contributed by atoms with E-state index >= 15 is 0 Å². The Morgan fingerprint density at radius 1 is 1.31 bits per heavy atom. The fraction of sp³-hybridized carbons (Fsp3) is 0.250. The van der Waals surface area contributed by atoms with Gasteiger partial charge < -0.3 is 10.6 Å². The average Bonchev–Trinajstić information content (AvgIpc) is 2.66. The Bertz CT molecular complexity index is 477. The van der Waals surface area contributed by atoms with E-state index < -0.39 is 0 Å². The zero-order chi connectivity index (χ0) is 11.5. The van der Waals surface area contributed by atoms with E-state index in [1.807, 2.05) is 38.4 Å². The van der Waals surface area contributed by atoms with E-state index in [0.29, 0.717) is 0 Å². The molecule has 0 bridgehead atoms. The third-order valence-electron chi connectivity index (χ3n) is 2.24. The van der Waals surface area contributed by atoms with Crippen molar-refractivity contribution in [2.45, 2.75) is 6.54 Å². The van der Waals surface area contributed by atoms with Gasteiger partial charge in [-0.3, -0.25) is 0 Å². The number of hydrogen-bond donors (Lipinski definition) is 1. The van der Waals surface area contributed by atoms with Crippen LogP contribution < -0.4 is 5.73 Å². The molecule has 1 aromatic heterocycles. The molecule has 84 valence electrons. The summed E-state index contributed by atoms with van der Waals surface area (Å²) in [5.41, 5.74) is 8.69. The number of benzene rings is 1. The van der Waals surface area contributed by atoms with Gasteiger partial charge in [0, 0.05) is 23.2 Å². The second-order valence-electron chi connectivity index (χ2n) is 3.95. The molecule has 0 atom stereocenters. The molecule has 2 N–H and O–H groups in total. The first-order valence-electron chi connectivity index (χ1n) is 5.11. The van der Waals surface area contributed by atoms with Gasteiger partial charge in [-0.2, -0.15) is 0 Å². The van der Waals surface area contributed by atoms with E-state index in [0.717, 1.165) is 28.5 Å². The Morgan fingerprint density at radius 3 is 2.75 bits per heavy atom. The number of rotatable bonds is 3. The van der Waals surface area contributed by atoms with Crippen molar-refractivity contribution < 1.29 is 0 Å². The summed E-state index contributed by atoms with van der Waals surface area (Å²) in [7, 11) is 4.08. The Balaban J connectivity index is 2.28. The molecule has 0 aliphatic carbocycles. The van der Waals surface area contributed by atoms with Gasteiger partial charge in [-0.05, 0) is 20.2 Å². The van der Waals surface area contributed by atoms with Crippen LogP contribution in [-0.2, 0) is 6.54 Å². The van der Waals surface area contributed by atoms with Gasteiger partial charge in [-0.15, -0.1) is 11.3 Å². The first-order valence-corrected chi connectivity index (χ1v) is 5.99. The van der Waals surface area contributed by atoms with Gasteiger partial charge in [0.25, 0.3) is 0 Å². The third kappa shape index (κ3) is 2.40. The first-order chi connectivity index (χ1) is 7.66.